The van der Waals surface area contributed by atoms with Crippen molar-refractivity contribution in [2.75, 3.05) is 7.11 Å². The van der Waals surface area contributed by atoms with Gasteiger partial charge in [0.05, 0.1) is 17.8 Å². The zero-order chi connectivity index (χ0) is 13.1. The molecule has 3 heteroatoms. The molecule has 2 fully saturated rings. The van der Waals surface area contributed by atoms with Gasteiger partial charge in [0.15, 0.2) is 0 Å². The minimum Gasteiger partial charge on any atom is -0.390 e. The van der Waals surface area contributed by atoms with Crippen LogP contribution in [0.15, 0.2) is 0 Å². The largest absolute Gasteiger partial charge is 0.390 e. The van der Waals surface area contributed by atoms with Gasteiger partial charge in [-0.15, -0.1) is 0 Å². The monoisotopic (exact) mass is 230 g/mol. The summed E-state index contributed by atoms with van der Waals surface area (Å²) < 4.78 is 19.3. The molecule has 0 aromatic heterocycles. The Labute approximate surface area is 99.6 Å². The molecule has 16 heavy (non-hydrogen) atoms. The highest BCUT2D eigenvalue weighted by Gasteiger charge is 2.73. The van der Waals surface area contributed by atoms with Crippen LogP contribution in [0.1, 0.15) is 41.0 Å². The average molecular weight is 230 g/mol. The number of hydrogen-bond donors (Lipinski definition) is 1. The summed E-state index contributed by atoms with van der Waals surface area (Å²) in [4.78, 5) is 0. The van der Waals surface area contributed by atoms with Crippen molar-refractivity contribution in [3.05, 3.63) is 0 Å². The van der Waals surface area contributed by atoms with Gasteiger partial charge in [-0.2, -0.15) is 0 Å². The molecule has 3 nitrogen and oxygen atoms in total. The van der Waals surface area contributed by atoms with E-state index in [0.29, 0.717) is 0 Å². The van der Waals surface area contributed by atoms with Crippen LogP contribution in [0.2, 0.25) is 0 Å². The molecule has 4 atom stereocenters. The lowest BCUT2D eigenvalue weighted by molar-refractivity contribution is -0.248. The van der Waals surface area contributed by atoms with Crippen LogP contribution in [0, 0.1) is 11.3 Å². The molecule has 1 N–H and O–H groups in total. The zero-order valence-corrected chi connectivity index (χ0v) is 11.2. The number of aliphatic hydroxyl groups is 1. The minimum atomic E-state index is -0.541. The van der Waals surface area contributed by atoms with Crippen LogP contribution in [-0.2, 0) is 9.47 Å². The van der Waals surface area contributed by atoms with Gasteiger partial charge < -0.3 is 14.6 Å². The molecule has 2 rings (SSSR count). The second-order valence-corrected chi connectivity index (χ2v) is 6.45. The smallest absolute Gasteiger partial charge is 0.211 e. The van der Waals surface area contributed by atoms with Gasteiger partial charge in [-0.05, 0) is 32.6 Å². The van der Waals surface area contributed by atoms with Gasteiger partial charge in [0.25, 0.3) is 0 Å². The standard InChI is InChI=1S/C13H24O3/c1-8-9-7-11(2,3)13(16-8,10(9)14)12(4,5)15-6/h8-10,14H,7H2,1-6H3/i14T. The first-order chi connectivity index (χ1) is 7.73. The van der Waals surface area contributed by atoms with Crippen molar-refractivity contribution in [1.29, 1.82) is 1.43 Å². The molecule has 0 spiro atoms. The fraction of sp³-hybridized carbons (Fsp3) is 1.00. The van der Waals surface area contributed by atoms with E-state index < -0.39 is 11.2 Å². The lowest BCUT2D eigenvalue weighted by Gasteiger charge is -2.52. The van der Waals surface area contributed by atoms with E-state index in [1.165, 1.54) is 0 Å². The highest BCUT2D eigenvalue weighted by molar-refractivity contribution is 5.21. The maximum absolute atomic E-state index is 7.41. The van der Waals surface area contributed by atoms with Crippen LogP contribution >= 0.6 is 0 Å². The molecule has 1 aliphatic heterocycles. The molecule has 1 saturated carbocycles. The molecule has 1 heterocycles. The van der Waals surface area contributed by atoms with Gasteiger partial charge >= 0.3 is 0 Å². The molecule has 2 aliphatic rings. The fourth-order valence-corrected chi connectivity index (χ4v) is 4.00. The summed E-state index contributed by atoms with van der Waals surface area (Å²) in [7, 11) is 1.70. The number of rotatable bonds is 3. The van der Waals surface area contributed by atoms with E-state index in [1.54, 1.807) is 7.11 Å². The van der Waals surface area contributed by atoms with Gasteiger partial charge in [-0.25, -0.2) is 0 Å². The third-order valence-electron chi connectivity index (χ3n) is 4.92. The molecule has 1 saturated heterocycles. The van der Waals surface area contributed by atoms with Crippen molar-refractivity contribution in [3.63, 3.8) is 0 Å². The Hall–Kier alpha value is -0.120. The lowest BCUT2D eigenvalue weighted by atomic mass is 9.67. The Kier molecular flexibility index (Phi) is 2.21. The Morgan fingerprint density at radius 1 is 1.50 bits per heavy atom. The topological polar surface area (TPSA) is 38.7 Å². The van der Waals surface area contributed by atoms with Crippen LogP contribution in [0.3, 0.4) is 0 Å². The third kappa shape index (κ3) is 1.14. The van der Waals surface area contributed by atoms with Crippen molar-refractivity contribution in [3.8, 4) is 0 Å². The second kappa shape index (κ2) is 3.21. The Morgan fingerprint density at radius 2 is 2.12 bits per heavy atom. The zero-order valence-electron chi connectivity index (χ0n) is 12.2. The summed E-state index contributed by atoms with van der Waals surface area (Å²) in [5.41, 5.74) is -1.06. The maximum atomic E-state index is 7.41. The summed E-state index contributed by atoms with van der Waals surface area (Å²) in [6.07, 6.45) is 0.945. The summed E-state index contributed by atoms with van der Waals surface area (Å²) >= 11 is 0. The van der Waals surface area contributed by atoms with Crippen LogP contribution in [0.25, 0.3) is 0 Å². The van der Waals surface area contributed by atoms with E-state index in [2.05, 4.69) is 20.8 Å². The molecule has 0 aromatic carbocycles. The van der Waals surface area contributed by atoms with Crippen LogP contribution in [0.4, 0.5) is 0 Å². The predicted octanol–water partition coefficient (Wildman–Crippen LogP) is 1.98. The molecule has 1 aliphatic carbocycles. The molecule has 4 unspecified atom stereocenters. The van der Waals surface area contributed by atoms with E-state index in [4.69, 9.17) is 16.0 Å². The van der Waals surface area contributed by atoms with Crippen LogP contribution in [0.5, 0.6) is 0 Å². The summed E-state index contributed by atoms with van der Waals surface area (Å²) in [5.74, 6) is 0.289. The molecular formula is C13H24O3. The van der Waals surface area contributed by atoms with Crippen molar-refractivity contribution in [2.24, 2.45) is 11.3 Å². The lowest BCUT2D eigenvalue weighted by Crippen LogP contribution is -2.63. The molecule has 0 aromatic rings. The number of aliphatic hydroxyl groups excluding tert-OH is 1. The predicted molar refractivity (Wildman–Crippen MR) is 62.3 cm³/mol. The number of methoxy groups -OCH3 is 1. The number of ether oxygens (including phenoxy) is 2. The number of hydrogen-bond acceptors (Lipinski definition) is 3. The van der Waals surface area contributed by atoms with E-state index in [-0.39, 0.29) is 23.5 Å². The average Bonchev–Trinajstić information content (AvgIpc) is 2.64. The van der Waals surface area contributed by atoms with E-state index >= 15 is 0 Å². The maximum Gasteiger partial charge on any atom is 0.211 e. The quantitative estimate of drug-likeness (QED) is 0.805. The number of fused-ring (bicyclic) bond motifs is 2. The van der Waals surface area contributed by atoms with Crippen molar-refractivity contribution in [1.82, 2.24) is 0 Å². The summed E-state index contributed by atoms with van der Waals surface area (Å²) in [6, 6.07) is 0. The summed E-state index contributed by atoms with van der Waals surface area (Å²) in [5, 5.41) is 5.04. The fourth-order valence-electron chi connectivity index (χ4n) is 4.00. The first-order valence-electron chi connectivity index (χ1n) is 6.49. The van der Waals surface area contributed by atoms with E-state index in [9.17, 15) is 0 Å². The SMILES string of the molecule is [3H]OC1C2CC(C)(C)C1(C(C)(C)OC)OC2C. The van der Waals surface area contributed by atoms with Crippen LogP contribution in [-0.4, -0.2) is 37.1 Å². The molecular weight excluding hydrogens is 204 g/mol. The van der Waals surface area contributed by atoms with Crippen molar-refractivity contribution >= 4 is 0 Å². The van der Waals surface area contributed by atoms with Crippen molar-refractivity contribution < 1.29 is 14.6 Å². The van der Waals surface area contributed by atoms with E-state index in [1.807, 2.05) is 13.8 Å². The van der Waals surface area contributed by atoms with Gasteiger partial charge in [0.1, 0.15) is 5.60 Å². The molecule has 0 amide bonds. The van der Waals surface area contributed by atoms with Crippen molar-refractivity contribution in [2.45, 2.75) is 64.4 Å². The Morgan fingerprint density at radius 3 is 2.62 bits per heavy atom. The first kappa shape index (κ1) is 11.0. The van der Waals surface area contributed by atoms with Crippen LogP contribution < -0.4 is 0 Å². The normalized spacial score (nSPS) is 47.1. The highest BCUT2D eigenvalue weighted by atomic mass is 16.6. The van der Waals surface area contributed by atoms with E-state index in [0.717, 1.165) is 6.42 Å². The first-order valence-corrected chi connectivity index (χ1v) is 6.08. The van der Waals surface area contributed by atoms with Gasteiger partial charge in [0.2, 0.25) is 1.43 Å². The summed E-state index contributed by atoms with van der Waals surface area (Å²) in [6.45, 7) is 10.5. The Balaban J connectivity index is 2.52. The molecule has 0 radical (unpaired) electrons. The Bertz CT molecular complexity index is 316. The minimum absolute atomic E-state index is 0.0462. The second-order valence-electron chi connectivity index (χ2n) is 6.45. The third-order valence-corrected chi connectivity index (χ3v) is 4.92. The van der Waals surface area contributed by atoms with Gasteiger partial charge in [-0.1, -0.05) is 13.8 Å². The van der Waals surface area contributed by atoms with Gasteiger partial charge in [0, 0.05) is 13.0 Å². The molecule has 94 valence electrons. The highest BCUT2D eigenvalue weighted by Crippen LogP contribution is 2.63. The molecule has 2 bridgehead atoms. The van der Waals surface area contributed by atoms with Gasteiger partial charge in [-0.3, -0.25) is 0 Å².